The summed E-state index contributed by atoms with van der Waals surface area (Å²) in [4.78, 5) is 0. The number of fused-ring (bicyclic) bond motifs is 1. The van der Waals surface area contributed by atoms with E-state index in [4.69, 9.17) is 5.26 Å². The zero-order valence-corrected chi connectivity index (χ0v) is 8.61. The van der Waals surface area contributed by atoms with Gasteiger partial charge in [0.2, 0.25) is 0 Å². The van der Waals surface area contributed by atoms with E-state index < -0.39 is 0 Å². The molecule has 0 radical (unpaired) electrons. The van der Waals surface area contributed by atoms with E-state index in [1.54, 1.807) is 0 Å². The SMILES string of the molecule is N#CCCCc1cccc2ccccc12. The van der Waals surface area contributed by atoms with Crippen molar-refractivity contribution in [2.45, 2.75) is 19.3 Å². The van der Waals surface area contributed by atoms with E-state index >= 15 is 0 Å². The molecule has 2 aromatic rings. The van der Waals surface area contributed by atoms with E-state index in [1.165, 1.54) is 16.3 Å². The van der Waals surface area contributed by atoms with Crippen LogP contribution in [0.5, 0.6) is 0 Å². The number of hydrogen-bond acceptors (Lipinski definition) is 1. The van der Waals surface area contributed by atoms with Crippen LogP contribution >= 0.6 is 0 Å². The summed E-state index contributed by atoms with van der Waals surface area (Å²) in [5, 5.41) is 11.1. The number of rotatable bonds is 3. The summed E-state index contributed by atoms with van der Waals surface area (Å²) < 4.78 is 0. The first-order valence-electron chi connectivity index (χ1n) is 5.25. The van der Waals surface area contributed by atoms with Crippen molar-refractivity contribution in [3.8, 4) is 6.07 Å². The van der Waals surface area contributed by atoms with Crippen LogP contribution in [0, 0.1) is 11.3 Å². The maximum Gasteiger partial charge on any atom is 0.0621 e. The molecule has 15 heavy (non-hydrogen) atoms. The second-order valence-corrected chi connectivity index (χ2v) is 3.65. The lowest BCUT2D eigenvalue weighted by atomic mass is 10.0. The molecule has 0 aliphatic carbocycles. The molecule has 0 bridgehead atoms. The first kappa shape index (κ1) is 9.73. The van der Waals surface area contributed by atoms with Crippen molar-refractivity contribution in [1.29, 1.82) is 5.26 Å². The number of nitrogens with zero attached hydrogens (tertiary/aromatic N) is 1. The third kappa shape index (κ3) is 2.16. The zero-order valence-electron chi connectivity index (χ0n) is 8.61. The number of hydrogen-bond donors (Lipinski definition) is 0. The van der Waals surface area contributed by atoms with Gasteiger partial charge in [-0.15, -0.1) is 0 Å². The van der Waals surface area contributed by atoms with Crippen LogP contribution in [0.25, 0.3) is 10.8 Å². The van der Waals surface area contributed by atoms with Crippen molar-refractivity contribution in [3.63, 3.8) is 0 Å². The molecule has 0 fully saturated rings. The predicted molar refractivity (Wildman–Crippen MR) is 62.5 cm³/mol. The van der Waals surface area contributed by atoms with Gasteiger partial charge in [-0.2, -0.15) is 5.26 Å². The fourth-order valence-electron chi connectivity index (χ4n) is 1.87. The molecule has 74 valence electrons. The van der Waals surface area contributed by atoms with Gasteiger partial charge in [0.05, 0.1) is 6.07 Å². The Kier molecular flexibility index (Phi) is 2.99. The largest absolute Gasteiger partial charge is 0.198 e. The van der Waals surface area contributed by atoms with Gasteiger partial charge in [0.1, 0.15) is 0 Å². The first-order valence-corrected chi connectivity index (χ1v) is 5.25. The normalized spacial score (nSPS) is 10.1. The average molecular weight is 195 g/mol. The van der Waals surface area contributed by atoms with Crippen LogP contribution in [0.2, 0.25) is 0 Å². The summed E-state index contributed by atoms with van der Waals surface area (Å²) in [6.45, 7) is 0. The van der Waals surface area contributed by atoms with Crippen LogP contribution in [0.4, 0.5) is 0 Å². The molecule has 1 heteroatoms. The lowest BCUT2D eigenvalue weighted by molar-refractivity contribution is 0.856. The van der Waals surface area contributed by atoms with Gasteiger partial charge in [-0.1, -0.05) is 42.5 Å². The summed E-state index contributed by atoms with van der Waals surface area (Å²) in [5.74, 6) is 0. The summed E-state index contributed by atoms with van der Waals surface area (Å²) in [6.07, 6.45) is 2.59. The Morgan fingerprint density at radius 3 is 2.67 bits per heavy atom. The number of unbranched alkanes of at least 4 members (excludes halogenated alkanes) is 1. The van der Waals surface area contributed by atoms with Crippen LogP contribution in [-0.2, 0) is 6.42 Å². The third-order valence-electron chi connectivity index (χ3n) is 2.61. The van der Waals surface area contributed by atoms with Gasteiger partial charge >= 0.3 is 0 Å². The highest BCUT2D eigenvalue weighted by Crippen LogP contribution is 2.19. The van der Waals surface area contributed by atoms with Gasteiger partial charge in [-0.05, 0) is 29.2 Å². The Morgan fingerprint density at radius 1 is 1.00 bits per heavy atom. The predicted octanol–water partition coefficient (Wildman–Crippen LogP) is 3.69. The Hall–Kier alpha value is -1.81. The van der Waals surface area contributed by atoms with E-state index in [0.717, 1.165) is 12.8 Å². The highest BCUT2D eigenvalue weighted by Gasteiger charge is 1.99. The molecule has 0 aliphatic heterocycles. The molecule has 2 aromatic carbocycles. The summed E-state index contributed by atoms with van der Waals surface area (Å²) in [5.41, 5.74) is 1.35. The maximum absolute atomic E-state index is 8.51. The number of benzene rings is 2. The van der Waals surface area contributed by atoms with Crippen LogP contribution in [0.15, 0.2) is 42.5 Å². The topological polar surface area (TPSA) is 23.8 Å². The Labute approximate surface area is 90.0 Å². The van der Waals surface area contributed by atoms with E-state index in [1.807, 2.05) is 0 Å². The molecular formula is C14H13N. The fraction of sp³-hybridized carbons (Fsp3) is 0.214. The summed E-state index contributed by atoms with van der Waals surface area (Å²) >= 11 is 0. The molecule has 0 atom stereocenters. The van der Waals surface area contributed by atoms with Crippen molar-refractivity contribution in [3.05, 3.63) is 48.0 Å². The van der Waals surface area contributed by atoms with Crippen molar-refractivity contribution < 1.29 is 0 Å². The van der Waals surface area contributed by atoms with Gasteiger partial charge in [-0.3, -0.25) is 0 Å². The average Bonchev–Trinajstić information content (AvgIpc) is 2.30. The molecule has 0 saturated heterocycles. The molecule has 0 spiro atoms. The van der Waals surface area contributed by atoms with E-state index in [-0.39, 0.29) is 0 Å². The Morgan fingerprint density at radius 2 is 1.80 bits per heavy atom. The molecule has 0 aromatic heterocycles. The fourth-order valence-corrected chi connectivity index (χ4v) is 1.87. The number of nitriles is 1. The number of aryl methyl sites for hydroxylation is 1. The molecule has 0 saturated carbocycles. The maximum atomic E-state index is 8.51. The zero-order chi connectivity index (χ0) is 10.5. The van der Waals surface area contributed by atoms with Crippen molar-refractivity contribution in [2.75, 3.05) is 0 Å². The minimum Gasteiger partial charge on any atom is -0.198 e. The van der Waals surface area contributed by atoms with Gasteiger partial charge in [0, 0.05) is 6.42 Å². The van der Waals surface area contributed by atoms with E-state index in [0.29, 0.717) is 6.42 Å². The van der Waals surface area contributed by atoms with Gasteiger partial charge < -0.3 is 0 Å². The molecule has 0 amide bonds. The summed E-state index contributed by atoms with van der Waals surface area (Å²) in [6, 6.07) is 17.0. The third-order valence-corrected chi connectivity index (χ3v) is 2.61. The monoisotopic (exact) mass is 195 g/mol. The molecule has 1 nitrogen and oxygen atoms in total. The molecule has 0 unspecified atom stereocenters. The Bertz CT molecular complexity index is 489. The second kappa shape index (κ2) is 4.61. The summed E-state index contributed by atoms with van der Waals surface area (Å²) in [7, 11) is 0. The van der Waals surface area contributed by atoms with Crippen molar-refractivity contribution in [2.24, 2.45) is 0 Å². The van der Waals surface area contributed by atoms with Crippen molar-refractivity contribution in [1.82, 2.24) is 0 Å². The standard InChI is InChI=1S/C14H13N/c15-11-4-3-7-13-9-5-8-12-6-1-2-10-14(12)13/h1-2,5-6,8-10H,3-4,7H2. The highest BCUT2D eigenvalue weighted by atomic mass is 14.2. The lowest BCUT2D eigenvalue weighted by Crippen LogP contribution is -1.86. The van der Waals surface area contributed by atoms with E-state index in [2.05, 4.69) is 48.5 Å². The van der Waals surface area contributed by atoms with E-state index in [9.17, 15) is 0 Å². The molecular weight excluding hydrogens is 182 g/mol. The quantitative estimate of drug-likeness (QED) is 0.685. The van der Waals surface area contributed by atoms with Crippen LogP contribution < -0.4 is 0 Å². The highest BCUT2D eigenvalue weighted by molar-refractivity contribution is 5.85. The van der Waals surface area contributed by atoms with Gasteiger partial charge in [0.15, 0.2) is 0 Å². The van der Waals surface area contributed by atoms with Gasteiger partial charge in [-0.25, -0.2) is 0 Å². The minimum atomic E-state index is 0.642. The first-order chi connectivity index (χ1) is 7.42. The molecule has 2 rings (SSSR count). The van der Waals surface area contributed by atoms with Crippen molar-refractivity contribution >= 4 is 10.8 Å². The molecule has 0 aliphatic rings. The van der Waals surface area contributed by atoms with Gasteiger partial charge in [0.25, 0.3) is 0 Å². The lowest BCUT2D eigenvalue weighted by Gasteiger charge is -2.04. The molecule has 0 heterocycles. The molecule has 0 N–H and O–H groups in total. The smallest absolute Gasteiger partial charge is 0.0621 e. The van der Waals surface area contributed by atoms with Crippen LogP contribution in [-0.4, -0.2) is 0 Å². The second-order valence-electron chi connectivity index (χ2n) is 3.65. The Balaban J connectivity index is 2.31. The van der Waals surface area contributed by atoms with Crippen LogP contribution in [0.1, 0.15) is 18.4 Å². The van der Waals surface area contributed by atoms with Crippen LogP contribution in [0.3, 0.4) is 0 Å². The minimum absolute atomic E-state index is 0.642.